The highest BCUT2D eigenvalue weighted by Crippen LogP contribution is 2.60. The second-order valence-corrected chi connectivity index (χ2v) is 6.39. The van der Waals surface area contributed by atoms with Gasteiger partial charge in [-0.3, -0.25) is 4.68 Å². The van der Waals surface area contributed by atoms with E-state index < -0.39 is 0 Å². The van der Waals surface area contributed by atoms with Gasteiger partial charge in [0.2, 0.25) is 0 Å². The molecule has 2 nitrogen and oxygen atoms in total. The summed E-state index contributed by atoms with van der Waals surface area (Å²) < 4.78 is 1.87. The largest absolute Gasteiger partial charge is 0.275 e. The molecule has 0 bridgehead atoms. The van der Waals surface area contributed by atoms with Crippen LogP contribution in [0.3, 0.4) is 0 Å². The molecule has 1 aromatic carbocycles. The number of nitrogens with zero attached hydrogens (tertiary/aromatic N) is 2. The molecule has 0 aliphatic heterocycles. The number of hydrogen-bond donors (Lipinski definition) is 0. The molecule has 1 heterocycles. The van der Waals surface area contributed by atoms with E-state index in [4.69, 9.17) is 0 Å². The van der Waals surface area contributed by atoms with Gasteiger partial charge in [0, 0.05) is 18.8 Å². The second-order valence-electron chi connectivity index (χ2n) is 6.39. The Morgan fingerprint density at radius 1 is 1.32 bits per heavy atom. The van der Waals surface area contributed by atoms with Crippen LogP contribution in [0, 0.1) is 5.92 Å². The zero-order chi connectivity index (χ0) is 13.0. The summed E-state index contributed by atoms with van der Waals surface area (Å²) in [5.74, 6) is 0.885. The van der Waals surface area contributed by atoms with Gasteiger partial charge < -0.3 is 0 Å². The lowest BCUT2D eigenvalue weighted by Gasteiger charge is -2.26. The van der Waals surface area contributed by atoms with E-state index in [9.17, 15) is 0 Å². The molecule has 2 heteroatoms. The molecule has 0 saturated heterocycles. The fourth-order valence-electron chi connectivity index (χ4n) is 3.98. The summed E-state index contributed by atoms with van der Waals surface area (Å²) in [6.07, 6.45) is 9.45. The first-order valence-corrected chi connectivity index (χ1v) is 7.31. The Morgan fingerprint density at radius 3 is 2.84 bits per heavy atom. The molecule has 98 valence electrons. The van der Waals surface area contributed by atoms with Crippen LogP contribution in [0.1, 0.15) is 37.3 Å². The lowest BCUT2D eigenvalue weighted by atomic mass is 9.78. The van der Waals surface area contributed by atoms with Crippen molar-refractivity contribution in [3.63, 3.8) is 0 Å². The zero-order valence-corrected chi connectivity index (χ0v) is 11.7. The van der Waals surface area contributed by atoms with Crippen molar-refractivity contribution in [1.82, 2.24) is 9.78 Å². The van der Waals surface area contributed by atoms with Crippen molar-refractivity contribution in [3.8, 4) is 11.1 Å². The summed E-state index contributed by atoms with van der Waals surface area (Å²) in [7, 11) is 1.97. The van der Waals surface area contributed by atoms with Gasteiger partial charge in [0.15, 0.2) is 0 Å². The van der Waals surface area contributed by atoms with Crippen LogP contribution in [0.5, 0.6) is 0 Å². The lowest BCUT2D eigenvalue weighted by molar-refractivity contribution is 0.509. The summed E-state index contributed by atoms with van der Waals surface area (Å²) in [5.41, 5.74) is 6.31. The third-order valence-electron chi connectivity index (χ3n) is 5.20. The average Bonchev–Trinajstić information content (AvgIpc) is 2.85. The molecule has 19 heavy (non-hydrogen) atoms. The minimum Gasteiger partial charge on any atom is -0.275 e. The molecule has 1 saturated carbocycles. The third kappa shape index (κ3) is 1.59. The Bertz CT molecular complexity index is 640. The molecule has 1 aromatic heterocycles. The minimum absolute atomic E-state index is 0.543. The van der Waals surface area contributed by atoms with E-state index in [-0.39, 0.29) is 0 Å². The number of hydrogen-bond acceptors (Lipinski definition) is 1. The van der Waals surface area contributed by atoms with E-state index in [1.807, 2.05) is 17.9 Å². The van der Waals surface area contributed by atoms with E-state index >= 15 is 0 Å². The smallest absolute Gasteiger partial charge is 0.0568 e. The van der Waals surface area contributed by atoms with Crippen LogP contribution in [0.15, 0.2) is 30.6 Å². The maximum atomic E-state index is 4.27. The first kappa shape index (κ1) is 11.3. The number of aryl methyl sites for hydroxylation is 2. The topological polar surface area (TPSA) is 17.8 Å². The quantitative estimate of drug-likeness (QED) is 0.756. The van der Waals surface area contributed by atoms with Crippen molar-refractivity contribution in [2.75, 3.05) is 0 Å². The molecule has 2 atom stereocenters. The summed E-state index contributed by atoms with van der Waals surface area (Å²) >= 11 is 0. The highest BCUT2D eigenvalue weighted by atomic mass is 15.2. The fraction of sp³-hybridized carbons (Fsp3) is 0.471. The van der Waals surface area contributed by atoms with E-state index in [1.54, 1.807) is 11.1 Å². The van der Waals surface area contributed by atoms with Gasteiger partial charge in [-0.15, -0.1) is 0 Å². The van der Waals surface area contributed by atoms with Crippen LogP contribution in [-0.4, -0.2) is 9.78 Å². The van der Waals surface area contributed by atoms with Gasteiger partial charge in [-0.2, -0.15) is 5.10 Å². The van der Waals surface area contributed by atoms with Crippen LogP contribution in [0.25, 0.3) is 11.1 Å². The van der Waals surface area contributed by atoms with Crippen LogP contribution >= 0.6 is 0 Å². The molecule has 0 amide bonds. The van der Waals surface area contributed by atoms with E-state index in [0.29, 0.717) is 5.41 Å². The first-order valence-electron chi connectivity index (χ1n) is 7.31. The monoisotopic (exact) mass is 252 g/mol. The maximum Gasteiger partial charge on any atom is 0.0568 e. The molecule has 2 aliphatic rings. The molecular formula is C17H20N2. The number of benzene rings is 1. The number of fused-ring (bicyclic) bond motifs is 2. The second kappa shape index (κ2) is 3.72. The molecule has 0 radical (unpaired) electrons. The van der Waals surface area contributed by atoms with Crippen molar-refractivity contribution >= 4 is 0 Å². The SMILES string of the molecule is CC1CC12CCCc1cc(-c3cnn(C)c3)ccc12. The molecule has 0 N–H and O–H groups in total. The molecule has 2 aliphatic carbocycles. The lowest BCUT2D eigenvalue weighted by Crippen LogP contribution is -2.17. The molecule has 2 unspecified atom stereocenters. The van der Waals surface area contributed by atoms with Crippen LogP contribution in [-0.2, 0) is 18.9 Å². The van der Waals surface area contributed by atoms with Gasteiger partial charge in [-0.05, 0) is 53.7 Å². The summed E-state index contributed by atoms with van der Waals surface area (Å²) in [5, 5.41) is 4.27. The molecule has 1 spiro atoms. The Kier molecular flexibility index (Phi) is 2.21. The number of rotatable bonds is 1. The maximum absolute atomic E-state index is 4.27. The Balaban J connectivity index is 1.79. The zero-order valence-electron chi connectivity index (χ0n) is 11.7. The van der Waals surface area contributed by atoms with Crippen molar-refractivity contribution in [2.24, 2.45) is 13.0 Å². The molecular weight excluding hydrogens is 232 g/mol. The summed E-state index contributed by atoms with van der Waals surface area (Å²) in [6, 6.07) is 7.08. The van der Waals surface area contributed by atoms with E-state index in [2.05, 4.69) is 36.4 Å². The van der Waals surface area contributed by atoms with Crippen LogP contribution in [0.4, 0.5) is 0 Å². The highest BCUT2D eigenvalue weighted by molar-refractivity contribution is 5.64. The highest BCUT2D eigenvalue weighted by Gasteiger charge is 2.53. The fourth-order valence-corrected chi connectivity index (χ4v) is 3.98. The van der Waals surface area contributed by atoms with E-state index in [1.165, 1.54) is 36.8 Å². The average molecular weight is 252 g/mol. The van der Waals surface area contributed by atoms with Crippen LogP contribution < -0.4 is 0 Å². The predicted octanol–water partition coefficient (Wildman–Crippen LogP) is 3.70. The van der Waals surface area contributed by atoms with Gasteiger partial charge >= 0.3 is 0 Å². The standard InChI is InChI=1S/C17H20N2/c1-12-9-17(12)7-3-4-14-8-13(5-6-16(14)17)15-10-18-19(2)11-15/h5-6,8,10-12H,3-4,7,9H2,1-2H3. The molecule has 2 aromatic rings. The van der Waals surface area contributed by atoms with Gasteiger partial charge in [0.05, 0.1) is 6.20 Å². The molecule has 4 rings (SSSR count). The van der Waals surface area contributed by atoms with Crippen molar-refractivity contribution in [2.45, 2.75) is 38.0 Å². The van der Waals surface area contributed by atoms with Gasteiger partial charge in [0.1, 0.15) is 0 Å². The molecule has 1 fully saturated rings. The Labute approximate surface area is 114 Å². The van der Waals surface area contributed by atoms with Crippen molar-refractivity contribution < 1.29 is 0 Å². The Morgan fingerprint density at radius 2 is 2.16 bits per heavy atom. The van der Waals surface area contributed by atoms with Gasteiger partial charge in [0.25, 0.3) is 0 Å². The predicted molar refractivity (Wildman–Crippen MR) is 77.0 cm³/mol. The van der Waals surface area contributed by atoms with Gasteiger partial charge in [-0.1, -0.05) is 25.1 Å². The van der Waals surface area contributed by atoms with Crippen molar-refractivity contribution in [3.05, 3.63) is 41.7 Å². The Hall–Kier alpha value is -1.57. The van der Waals surface area contributed by atoms with Crippen molar-refractivity contribution in [1.29, 1.82) is 0 Å². The van der Waals surface area contributed by atoms with Crippen LogP contribution in [0.2, 0.25) is 0 Å². The minimum atomic E-state index is 0.543. The summed E-state index contributed by atoms with van der Waals surface area (Å²) in [4.78, 5) is 0. The first-order chi connectivity index (χ1) is 9.19. The van der Waals surface area contributed by atoms with E-state index in [0.717, 1.165) is 5.92 Å². The number of aromatic nitrogens is 2. The summed E-state index contributed by atoms with van der Waals surface area (Å²) in [6.45, 7) is 2.41. The third-order valence-corrected chi connectivity index (χ3v) is 5.20. The normalized spacial score (nSPS) is 28.4. The van der Waals surface area contributed by atoms with Gasteiger partial charge in [-0.25, -0.2) is 0 Å².